The minimum Gasteiger partial charge on any atom is -0.394 e. The van der Waals surface area contributed by atoms with Gasteiger partial charge in [0, 0.05) is 6.42 Å². The molecular weight excluding hydrogens is 459 g/mol. The standard InChI is InChI=1S/C18H33N6O8P/c1-5-17(3,32-33(29,30)18(4,28)6-2)7-8-31-14(10(26)9-25)24-13-11(21-16(24)27)12(19)22-15(20)23-13/h10,14,25-26,28H,5-9H2,1-4H3,(H,21,27)(H,29,30)(H4,19,20,22,23)/t10-,14-,17?,18?/m1/s1. The van der Waals surface area contributed by atoms with E-state index in [0.29, 0.717) is 0 Å². The van der Waals surface area contributed by atoms with Crippen LogP contribution in [0.2, 0.25) is 0 Å². The fourth-order valence-electron chi connectivity index (χ4n) is 3.02. The number of rotatable bonds is 12. The van der Waals surface area contributed by atoms with E-state index in [2.05, 4.69) is 15.0 Å². The van der Waals surface area contributed by atoms with E-state index in [0.717, 1.165) is 4.57 Å². The molecule has 0 fully saturated rings. The molecule has 0 aliphatic carbocycles. The summed E-state index contributed by atoms with van der Waals surface area (Å²) in [5.74, 6) is -0.147. The summed E-state index contributed by atoms with van der Waals surface area (Å²) in [7, 11) is -4.42. The van der Waals surface area contributed by atoms with E-state index in [1.165, 1.54) is 6.92 Å². The molecule has 0 saturated heterocycles. The van der Waals surface area contributed by atoms with Crippen molar-refractivity contribution in [3.8, 4) is 0 Å². The number of aliphatic hydroxyl groups excluding tert-OH is 2. The van der Waals surface area contributed by atoms with Crippen LogP contribution in [0, 0.1) is 5.41 Å². The zero-order valence-corrected chi connectivity index (χ0v) is 19.9. The normalized spacial score (nSPS) is 19.5. The molecule has 0 aromatic carbocycles. The van der Waals surface area contributed by atoms with Gasteiger partial charge in [-0.05, 0) is 26.7 Å². The van der Waals surface area contributed by atoms with Gasteiger partial charge in [-0.25, -0.2) is 9.36 Å². The number of hydrogen-bond donors (Lipinski definition) is 8. The average molecular weight is 492 g/mol. The Bertz CT molecular complexity index is 1130. The number of nitrogen functional groups attached to an aromatic ring is 1. The highest BCUT2D eigenvalue weighted by Crippen LogP contribution is 2.58. The first kappa shape index (κ1) is 27.2. The van der Waals surface area contributed by atoms with Gasteiger partial charge in [-0.1, -0.05) is 13.8 Å². The Kier molecular flexibility index (Phi) is 8.28. The smallest absolute Gasteiger partial charge is 0.359 e. The van der Waals surface area contributed by atoms with Crippen LogP contribution in [0.15, 0.2) is 4.79 Å². The van der Waals surface area contributed by atoms with Crippen molar-refractivity contribution >= 4 is 24.7 Å². The van der Waals surface area contributed by atoms with Gasteiger partial charge in [0.15, 0.2) is 22.7 Å². The summed E-state index contributed by atoms with van der Waals surface area (Å²) in [4.78, 5) is 31.7. The summed E-state index contributed by atoms with van der Waals surface area (Å²) in [5.41, 5.74) is 3.45. The second-order valence-corrected chi connectivity index (χ2v) is 10.4. The quantitative estimate of drug-likeness (QED) is 0.183. The summed E-state index contributed by atoms with van der Waals surface area (Å²) >= 11 is 0. The number of fused-ring (bicyclic) bond motifs is 1. The van der Waals surface area contributed by atoms with Crippen LogP contribution in [0.3, 0.4) is 0 Å². The zero-order chi connectivity index (χ0) is 25.2. The maximum absolute atomic E-state index is 12.6. The van der Waals surface area contributed by atoms with Gasteiger partial charge in [0.1, 0.15) is 11.6 Å². The van der Waals surface area contributed by atoms with Gasteiger partial charge in [0.25, 0.3) is 0 Å². The minimum atomic E-state index is -4.42. The third-order valence-electron chi connectivity index (χ3n) is 5.69. The fraction of sp³-hybridized carbons (Fsp3) is 0.722. The first-order valence-electron chi connectivity index (χ1n) is 10.4. The van der Waals surface area contributed by atoms with Crippen molar-refractivity contribution in [1.29, 1.82) is 5.41 Å². The van der Waals surface area contributed by atoms with Crippen molar-refractivity contribution < 1.29 is 34.0 Å². The number of H-pyrrole nitrogens is 2. The maximum Gasteiger partial charge on any atom is 0.359 e. The topological polar surface area (TPSA) is 233 Å². The fourth-order valence-corrected chi connectivity index (χ4v) is 4.43. The lowest BCUT2D eigenvalue weighted by Gasteiger charge is -2.36. The molecule has 2 aromatic heterocycles. The van der Waals surface area contributed by atoms with Crippen LogP contribution in [-0.2, 0) is 13.8 Å². The number of aromatic amines is 2. The van der Waals surface area contributed by atoms with Gasteiger partial charge >= 0.3 is 13.3 Å². The van der Waals surface area contributed by atoms with Crippen molar-refractivity contribution in [2.45, 2.75) is 70.2 Å². The average Bonchev–Trinajstić information content (AvgIpc) is 3.06. The van der Waals surface area contributed by atoms with Gasteiger partial charge in [-0.2, -0.15) is 4.98 Å². The predicted molar refractivity (Wildman–Crippen MR) is 118 cm³/mol. The van der Waals surface area contributed by atoms with Gasteiger partial charge in [-0.3, -0.25) is 9.97 Å². The maximum atomic E-state index is 12.6. The second-order valence-electron chi connectivity index (χ2n) is 8.24. The lowest BCUT2D eigenvalue weighted by atomic mass is 10.0. The van der Waals surface area contributed by atoms with Crippen molar-refractivity contribution in [3.05, 3.63) is 16.0 Å². The van der Waals surface area contributed by atoms with E-state index < -0.39 is 43.2 Å². The van der Waals surface area contributed by atoms with Crippen LogP contribution < -0.4 is 16.9 Å². The number of nitrogens with one attached hydrogen (secondary N) is 3. The Labute approximate surface area is 189 Å². The SMILES string of the molecule is CCC(C)(CCO[C@H]([C@H](O)CO)n1c(=O)[nH]c2c(=N)[nH]c(N)nc21)OP(=O)(O)C(C)(O)CC. The highest BCUT2D eigenvalue weighted by molar-refractivity contribution is 7.54. The van der Waals surface area contributed by atoms with Gasteiger partial charge in [-0.15, -0.1) is 0 Å². The van der Waals surface area contributed by atoms with Gasteiger partial charge < -0.3 is 45.2 Å². The molecule has 0 spiro atoms. The van der Waals surface area contributed by atoms with E-state index >= 15 is 0 Å². The molecule has 3 unspecified atom stereocenters. The van der Waals surface area contributed by atoms with E-state index in [1.807, 2.05) is 0 Å². The Balaban J connectivity index is 2.31. The Morgan fingerprint density at radius 1 is 1.30 bits per heavy atom. The molecule has 15 heteroatoms. The number of ether oxygens (including phenoxy) is 1. The number of imidazole rings is 1. The predicted octanol–water partition coefficient (Wildman–Crippen LogP) is -0.138. The third kappa shape index (κ3) is 5.72. The van der Waals surface area contributed by atoms with Crippen LogP contribution in [0.4, 0.5) is 5.95 Å². The van der Waals surface area contributed by atoms with Gasteiger partial charge in [0.05, 0.1) is 18.8 Å². The molecule has 0 aliphatic rings. The van der Waals surface area contributed by atoms with Gasteiger partial charge in [0.2, 0.25) is 5.95 Å². The molecule has 0 aliphatic heterocycles. The summed E-state index contributed by atoms with van der Waals surface area (Å²) in [6.07, 6.45) is -2.62. The van der Waals surface area contributed by atoms with Crippen molar-refractivity contribution in [2.24, 2.45) is 0 Å². The van der Waals surface area contributed by atoms with Crippen LogP contribution in [0.5, 0.6) is 0 Å². The Hall–Kier alpha value is -2.06. The second kappa shape index (κ2) is 10.1. The highest BCUT2D eigenvalue weighted by Gasteiger charge is 2.46. The Morgan fingerprint density at radius 3 is 2.48 bits per heavy atom. The van der Waals surface area contributed by atoms with Crippen LogP contribution in [-0.4, -0.2) is 70.0 Å². The number of nitrogens with two attached hydrogens (primary N) is 1. The highest BCUT2D eigenvalue weighted by atomic mass is 31.2. The lowest BCUT2D eigenvalue weighted by Crippen LogP contribution is -2.37. The van der Waals surface area contributed by atoms with Crippen LogP contribution in [0.1, 0.15) is 53.2 Å². The Morgan fingerprint density at radius 2 is 1.94 bits per heavy atom. The molecule has 14 nitrogen and oxygen atoms in total. The largest absolute Gasteiger partial charge is 0.394 e. The van der Waals surface area contributed by atoms with Crippen LogP contribution >= 0.6 is 7.60 Å². The number of aromatic nitrogens is 4. The molecule has 2 aromatic rings. The molecular formula is C18H33N6O8P. The van der Waals surface area contributed by atoms with E-state index in [4.69, 9.17) is 20.4 Å². The zero-order valence-electron chi connectivity index (χ0n) is 19.0. The molecule has 0 radical (unpaired) electrons. The molecule has 0 bridgehead atoms. The summed E-state index contributed by atoms with van der Waals surface area (Å²) in [5, 5.41) is 36.0. The summed E-state index contributed by atoms with van der Waals surface area (Å²) in [6, 6.07) is 0. The molecule has 33 heavy (non-hydrogen) atoms. The van der Waals surface area contributed by atoms with Crippen molar-refractivity contribution in [1.82, 2.24) is 19.5 Å². The monoisotopic (exact) mass is 492 g/mol. The number of hydrogen-bond acceptors (Lipinski definition) is 10. The minimum absolute atomic E-state index is 0.00311. The molecule has 2 rings (SSSR count). The first-order valence-corrected chi connectivity index (χ1v) is 12.0. The van der Waals surface area contributed by atoms with Crippen LogP contribution in [0.25, 0.3) is 11.2 Å². The van der Waals surface area contributed by atoms with Crippen molar-refractivity contribution in [3.63, 3.8) is 0 Å². The summed E-state index contributed by atoms with van der Waals surface area (Å²) in [6.45, 7) is 5.16. The molecule has 188 valence electrons. The van der Waals surface area contributed by atoms with E-state index in [-0.39, 0.29) is 48.5 Å². The van der Waals surface area contributed by atoms with E-state index in [9.17, 15) is 29.6 Å². The number of aliphatic hydroxyl groups is 3. The molecule has 5 atom stereocenters. The first-order chi connectivity index (χ1) is 15.2. The summed E-state index contributed by atoms with van der Waals surface area (Å²) < 4.78 is 24.7. The third-order valence-corrected chi connectivity index (χ3v) is 7.91. The molecule has 0 amide bonds. The molecule has 0 saturated carbocycles. The molecule has 2 heterocycles. The number of nitrogens with zero attached hydrogens (tertiary/aromatic N) is 2. The van der Waals surface area contributed by atoms with E-state index in [1.54, 1.807) is 20.8 Å². The molecule has 9 N–H and O–H groups in total. The lowest BCUT2D eigenvalue weighted by molar-refractivity contribution is -0.108. The number of anilines is 1. The van der Waals surface area contributed by atoms with Crippen molar-refractivity contribution in [2.75, 3.05) is 18.9 Å².